The van der Waals surface area contributed by atoms with Gasteiger partial charge in [0.25, 0.3) is 0 Å². The Morgan fingerprint density at radius 1 is 1.47 bits per heavy atom. The highest BCUT2D eigenvalue weighted by Crippen LogP contribution is 2.25. The summed E-state index contributed by atoms with van der Waals surface area (Å²) < 4.78 is 39.0. The fourth-order valence-corrected chi connectivity index (χ4v) is 2.94. The van der Waals surface area contributed by atoms with Crippen molar-refractivity contribution in [2.24, 2.45) is 5.92 Å². The van der Waals surface area contributed by atoms with Crippen LogP contribution in [0.15, 0.2) is 0 Å². The first kappa shape index (κ1) is 13.3. The van der Waals surface area contributed by atoms with Crippen molar-refractivity contribution in [3.05, 3.63) is 0 Å². The maximum Gasteiger partial charge on any atom is 0.522 e. The van der Waals surface area contributed by atoms with Crippen molar-refractivity contribution in [1.29, 1.82) is 0 Å². The van der Waals surface area contributed by atoms with E-state index in [-0.39, 0.29) is 6.61 Å². The molecule has 90 valence electrons. The second-order valence-electron chi connectivity index (χ2n) is 3.82. The summed E-state index contributed by atoms with van der Waals surface area (Å²) in [4.78, 5) is 2.05. The van der Waals surface area contributed by atoms with E-state index in [2.05, 4.69) is 27.6 Å². The maximum absolute atomic E-state index is 11.7. The van der Waals surface area contributed by atoms with Crippen LogP contribution in [0.4, 0.5) is 13.2 Å². The summed E-state index contributed by atoms with van der Waals surface area (Å²) in [6.07, 6.45) is -3.46. The Morgan fingerprint density at radius 2 is 2.13 bits per heavy atom. The molecule has 2 nitrogen and oxygen atoms in total. The zero-order valence-corrected chi connectivity index (χ0v) is 10.1. The van der Waals surface area contributed by atoms with Gasteiger partial charge in [0.2, 0.25) is 0 Å². The minimum Gasteiger partial charge on any atom is -0.297 e. The minimum atomic E-state index is -4.50. The number of alkyl halides is 4. The Morgan fingerprint density at radius 3 is 2.67 bits per heavy atom. The van der Waals surface area contributed by atoms with E-state index in [4.69, 9.17) is 0 Å². The smallest absolute Gasteiger partial charge is 0.297 e. The second-order valence-corrected chi connectivity index (χ2v) is 4.47. The van der Waals surface area contributed by atoms with Crippen molar-refractivity contribution < 1.29 is 17.9 Å². The van der Waals surface area contributed by atoms with E-state index in [1.807, 2.05) is 4.90 Å². The van der Waals surface area contributed by atoms with Crippen molar-refractivity contribution in [3.63, 3.8) is 0 Å². The molecule has 0 aromatic carbocycles. The molecule has 1 saturated heterocycles. The van der Waals surface area contributed by atoms with E-state index < -0.39 is 6.36 Å². The first-order valence-electron chi connectivity index (χ1n) is 4.94. The van der Waals surface area contributed by atoms with E-state index in [9.17, 15) is 13.2 Å². The van der Waals surface area contributed by atoms with E-state index in [0.29, 0.717) is 18.5 Å². The van der Waals surface area contributed by atoms with Gasteiger partial charge < -0.3 is 0 Å². The number of hydrogen-bond donors (Lipinski definition) is 0. The molecule has 2 atom stereocenters. The molecule has 6 heteroatoms. The molecule has 0 spiro atoms. The number of halogens is 4. The lowest BCUT2D eigenvalue weighted by molar-refractivity contribution is -0.325. The quantitative estimate of drug-likeness (QED) is 0.738. The number of likely N-dealkylation sites (tertiary alicyclic amines) is 1. The van der Waals surface area contributed by atoms with Crippen molar-refractivity contribution >= 4 is 15.9 Å². The molecule has 0 bridgehead atoms. The topological polar surface area (TPSA) is 12.5 Å². The van der Waals surface area contributed by atoms with Crippen molar-refractivity contribution in [1.82, 2.24) is 4.90 Å². The zero-order chi connectivity index (χ0) is 11.5. The summed E-state index contributed by atoms with van der Waals surface area (Å²) in [5, 5.41) is 0.806. The van der Waals surface area contributed by atoms with Crippen LogP contribution in [0.3, 0.4) is 0 Å². The Balaban J connectivity index is 2.27. The van der Waals surface area contributed by atoms with Crippen LogP contribution in [0.1, 0.15) is 13.3 Å². The Kier molecular flexibility index (Phi) is 4.86. The van der Waals surface area contributed by atoms with Crippen LogP contribution < -0.4 is 0 Å². The molecular weight excluding hydrogens is 275 g/mol. The first-order valence-corrected chi connectivity index (χ1v) is 6.07. The first-order chi connectivity index (χ1) is 6.94. The molecule has 1 aliphatic heterocycles. The summed E-state index contributed by atoms with van der Waals surface area (Å²) in [5.74, 6) is 0.537. The number of hydrogen-bond acceptors (Lipinski definition) is 2. The van der Waals surface area contributed by atoms with Gasteiger partial charge in [-0.25, -0.2) is 0 Å². The van der Waals surface area contributed by atoms with Gasteiger partial charge in [-0.2, -0.15) is 0 Å². The third-order valence-corrected chi connectivity index (χ3v) is 3.46. The summed E-state index contributed by atoms with van der Waals surface area (Å²) in [7, 11) is 0. The SMILES string of the molecule is CC1CCN(CCOC(F)(F)F)C1CBr. The number of ether oxygens (including phenoxy) is 1. The molecule has 1 fully saturated rings. The number of rotatable bonds is 4. The lowest BCUT2D eigenvalue weighted by atomic mass is 10.1. The fourth-order valence-electron chi connectivity index (χ4n) is 1.89. The van der Waals surface area contributed by atoms with Gasteiger partial charge in [0, 0.05) is 17.9 Å². The fraction of sp³-hybridized carbons (Fsp3) is 1.00. The summed E-state index contributed by atoms with van der Waals surface area (Å²) in [6.45, 7) is 3.05. The highest BCUT2D eigenvalue weighted by molar-refractivity contribution is 9.09. The standard InChI is InChI=1S/C9H15BrF3NO/c1-7-2-3-14(8(7)6-10)4-5-15-9(11,12)13/h7-8H,2-6H2,1H3. The van der Waals surface area contributed by atoms with E-state index in [1.54, 1.807) is 0 Å². The highest BCUT2D eigenvalue weighted by atomic mass is 79.9. The molecule has 0 radical (unpaired) electrons. The predicted octanol–water partition coefficient (Wildman–Crippen LogP) is 2.63. The van der Waals surface area contributed by atoms with E-state index >= 15 is 0 Å². The minimum absolute atomic E-state index is 0.278. The summed E-state index contributed by atoms with van der Waals surface area (Å²) in [5.41, 5.74) is 0. The molecule has 0 saturated carbocycles. The van der Waals surface area contributed by atoms with Gasteiger partial charge in [-0.05, 0) is 18.9 Å². The molecule has 0 N–H and O–H groups in total. The van der Waals surface area contributed by atoms with Crippen LogP contribution in [0, 0.1) is 5.92 Å². The molecule has 0 aliphatic carbocycles. The van der Waals surface area contributed by atoms with E-state index in [0.717, 1.165) is 18.3 Å². The van der Waals surface area contributed by atoms with Crippen LogP contribution in [0.5, 0.6) is 0 Å². The van der Waals surface area contributed by atoms with Crippen molar-refractivity contribution in [3.8, 4) is 0 Å². The van der Waals surface area contributed by atoms with Crippen LogP contribution in [0.2, 0.25) is 0 Å². The molecule has 1 heterocycles. The molecule has 0 aromatic heterocycles. The van der Waals surface area contributed by atoms with Crippen LogP contribution in [-0.2, 0) is 4.74 Å². The Hall–Kier alpha value is 0.190. The largest absolute Gasteiger partial charge is 0.522 e. The molecule has 0 amide bonds. The third-order valence-electron chi connectivity index (χ3n) is 2.80. The van der Waals surface area contributed by atoms with E-state index in [1.165, 1.54) is 0 Å². The third kappa shape index (κ3) is 4.28. The predicted molar refractivity (Wildman–Crippen MR) is 54.9 cm³/mol. The Labute approximate surface area is 95.9 Å². The van der Waals surface area contributed by atoms with Gasteiger partial charge >= 0.3 is 6.36 Å². The molecule has 1 rings (SSSR count). The van der Waals surface area contributed by atoms with Gasteiger partial charge in [0.05, 0.1) is 6.61 Å². The van der Waals surface area contributed by atoms with Crippen LogP contribution in [0.25, 0.3) is 0 Å². The van der Waals surface area contributed by atoms with Gasteiger partial charge in [-0.3, -0.25) is 9.64 Å². The summed E-state index contributed by atoms with van der Waals surface area (Å²) in [6, 6.07) is 0.335. The monoisotopic (exact) mass is 289 g/mol. The van der Waals surface area contributed by atoms with Crippen LogP contribution >= 0.6 is 15.9 Å². The van der Waals surface area contributed by atoms with Gasteiger partial charge in [-0.1, -0.05) is 22.9 Å². The maximum atomic E-state index is 11.7. The average Bonchev–Trinajstić information content (AvgIpc) is 2.44. The van der Waals surface area contributed by atoms with Crippen molar-refractivity contribution in [2.45, 2.75) is 25.7 Å². The zero-order valence-electron chi connectivity index (χ0n) is 8.56. The molecular formula is C9H15BrF3NO. The van der Waals surface area contributed by atoms with Crippen LogP contribution in [-0.4, -0.2) is 42.3 Å². The van der Waals surface area contributed by atoms with Gasteiger partial charge in [-0.15, -0.1) is 13.2 Å². The molecule has 15 heavy (non-hydrogen) atoms. The van der Waals surface area contributed by atoms with Gasteiger partial charge in [0.15, 0.2) is 0 Å². The second kappa shape index (κ2) is 5.50. The lowest BCUT2D eigenvalue weighted by Gasteiger charge is -2.24. The summed E-state index contributed by atoms with van der Waals surface area (Å²) >= 11 is 3.38. The normalized spacial score (nSPS) is 28.6. The Bertz CT molecular complexity index is 200. The average molecular weight is 290 g/mol. The molecule has 2 unspecified atom stereocenters. The lowest BCUT2D eigenvalue weighted by Crippen LogP contribution is -2.36. The highest BCUT2D eigenvalue weighted by Gasteiger charge is 2.32. The molecule has 0 aromatic rings. The molecule has 1 aliphatic rings. The number of nitrogens with zero attached hydrogens (tertiary/aromatic N) is 1. The van der Waals surface area contributed by atoms with Crippen molar-refractivity contribution in [2.75, 3.05) is 25.0 Å². The van der Waals surface area contributed by atoms with Gasteiger partial charge in [0.1, 0.15) is 0 Å².